The molecule has 0 unspecified atom stereocenters. The zero-order chi connectivity index (χ0) is 15.7. The highest BCUT2D eigenvalue weighted by atomic mass is 16.5. The van der Waals surface area contributed by atoms with Crippen LogP contribution < -0.4 is 4.90 Å². The molecule has 0 saturated heterocycles. The molecular weight excluding hydrogens is 258 g/mol. The summed E-state index contributed by atoms with van der Waals surface area (Å²) in [4.78, 5) is 35.6. The second kappa shape index (κ2) is 8.85. The number of methoxy groups -OCH3 is 1. The van der Waals surface area contributed by atoms with Crippen molar-refractivity contribution in [2.75, 3.05) is 12.0 Å². The van der Waals surface area contributed by atoms with Crippen LogP contribution in [0.15, 0.2) is 24.3 Å². The number of anilines is 1. The van der Waals surface area contributed by atoms with Gasteiger partial charge in [0.05, 0.1) is 18.4 Å². The number of hydrogen-bond donors (Lipinski definition) is 0. The second-order valence-electron chi connectivity index (χ2n) is 3.64. The Kier molecular flexibility index (Phi) is 7.89. The summed E-state index contributed by atoms with van der Waals surface area (Å²) in [7, 11) is 1.27. The van der Waals surface area contributed by atoms with Crippen LogP contribution in [0.1, 0.15) is 44.5 Å². The maximum absolute atomic E-state index is 11.7. The highest BCUT2D eigenvalue weighted by molar-refractivity contribution is 6.14. The molecule has 1 aromatic rings. The van der Waals surface area contributed by atoms with Crippen LogP contribution in [0.25, 0.3) is 0 Å². The smallest absolute Gasteiger partial charge is 0.337 e. The van der Waals surface area contributed by atoms with E-state index in [1.807, 2.05) is 13.8 Å². The molecule has 0 spiro atoms. The number of rotatable bonds is 3. The monoisotopic (exact) mass is 279 g/mol. The minimum absolute atomic E-state index is 0.210. The summed E-state index contributed by atoms with van der Waals surface area (Å²) < 4.78 is 4.59. The lowest BCUT2D eigenvalue weighted by Gasteiger charge is -2.18. The van der Waals surface area contributed by atoms with Gasteiger partial charge < -0.3 is 4.74 Å². The molecule has 0 aliphatic heterocycles. The number of esters is 1. The molecule has 5 nitrogen and oxygen atoms in total. The van der Waals surface area contributed by atoms with E-state index in [0.717, 1.165) is 4.90 Å². The molecule has 0 N–H and O–H groups in total. The molecule has 0 fully saturated rings. The molecule has 5 heteroatoms. The van der Waals surface area contributed by atoms with Crippen molar-refractivity contribution in [3.63, 3.8) is 0 Å². The fraction of sp³-hybridized carbons (Fsp3) is 0.400. The van der Waals surface area contributed by atoms with Gasteiger partial charge in [-0.2, -0.15) is 0 Å². The molecule has 2 amide bonds. The normalized spacial score (nSPS) is 9.05. The molecule has 0 saturated carbocycles. The summed E-state index contributed by atoms with van der Waals surface area (Å²) in [5.41, 5.74) is 0.669. The lowest BCUT2D eigenvalue weighted by Crippen LogP contribution is -2.34. The van der Waals surface area contributed by atoms with Gasteiger partial charge in [-0.25, -0.2) is 4.79 Å². The van der Waals surface area contributed by atoms with E-state index in [4.69, 9.17) is 0 Å². The third kappa shape index (κ3) is 4.50. The standard InChI is InChI=1S/C13H15NO4.C2H6/c1-4-12(16)14(9(2)15)11-7-5-6-10(8-11)13(17)18-3;1-2/h5-8H,4H2,1-3H3;1-2H3. The fourth-order valence-electron chi connectivity index (χ4n) is 1.55. The van der Waals surface area contributed by atoms with Crippen molar-refractivity contribution in [1.29, 1.82) is 0 Å². The van der Waals surface area contributed by atoms with Gasteiger partial charge in [-0.1, -0.05) is 26.8 Å². The average Bonchev–Trinajstić information content (AvgIpc) is 2.48. The van der Waals surface area contributed by atoms with E-state index in [1.54, 1.807) is 25.1 Å². The van der Waals surface area contributed by atoms with Gasteiger partial charge in [0, 0.05) is 13.3 Å². The lowest BCUT2D eigenvalue weighted by atomic mass is 10.2. The minimum Gasteiger partial charge on any atom is -0.465 e. The van der Waals surface area contributed by atoms with Crippen LogP contribution >= 0.6 is 0 Å². The van der Waals surface area contributed by atoms with Crippen LogP contribution in [-0.2, 0) is 14.3 Å². The molecule has 20 heavy (non-hydrogen) atoms. The number of hydrogen-bond acceptors (Lipinski definition) is 4. The van der Waals surface area contributed by atoms with E-state index in [-0.39, 0.29) is 18.2 Å². The maximum atomic E-state index is 11.7. The van der Waals surface area contributed by atoms with Gasteiger partial charge in [0.25, 0.3) is 0 Å². The largest absolute Gasteiger partial charge is 0.465 e. The first kappa shape index (κ1) is 17.8. The molecule has 0 aliphatic rings. The third-order valence-corrected chi connectivity index (χ3v) is 2.39. The van der Waals surface area contributed by atoms with Gasteiger partial charge in [-0.15, -0.1) is 0 Å². The van der Waals surface area contributed by atoms with Crippen molar-refractivity contribution in [2.45, 2.75) is 34.1 Å². The second-order valence-corrected chi connectivity index (χ2v) is 3.64. The van der Waals surface area contributed by atoms with Crippen LogP contribution in [0.5, 0.6) is 0 Å². The Bertz CT molecular complexity index is 483. The van der Waals surface area contributed by atoms with Crippen molar-refractivity contribution in [2.24, 2.45) is 0 Å². The minimum atomic E-state index is -0.510. The molecule has 0 aliphatic carbocycles. The number of amides is 2. The van der Waals surface area contributed by atoms with Crippen LogP contribution in [-0.4, -0.2) is 24.9 Å². The molecule has 1 rings (SSSR count). The topological polar surface area (TPSA) is 63.7 Å². The van der Waals surface area contributed by atoms with E-state index in [9.17, 15) is 14.4 Å². The van der Waals surface area contributed by atoms with Gasteiger partial charge >= 0.3 is 5.97 Å². The quantitative estimate of drug-likeness (QED) is 0.798. The Morgan fingerprint density at radius 2 is 1.80 bits per heavy atom. The lowest BCUT2D eigenvalue weighted by molar-refractivity contribution is -0.125. The van der Waals surface area contributed by atoms with Crippen molar-refractivity contribution in [3.05, 3.63) is 29.8 Å². The van der Waals surface area contributed by atoms with Crippen molar-refractivity contribution in [3.8, 4) is 0 Å². The summed E-state index contributed by atoms with van der Waals surface area (Å²) in [6, 6.07) is 6.22. The molecule has 0 heterocycles. The average molecular weight is 279 g/mol. The molecule has 0 radical (unpaired) electrons. The number of ether oxygens (including phenoxy) is 1. The number of imide groups is 1. The Balaban J connectivity index is 0.00000172. The Morgan fingerprint density at radius 3 is 2.25 bits per heavy atom. The Labute approximate surface area is 119 Å². The van der Waals surface area contributed by atoms with E-state index < -0.39 is 5.97 Å². The SMILES string of the molecule is CC.CCC(=O)N(C(C)=O)c1cccc(C(=O)OC)c1. The van der Waals surface area contributed by atoms with E-state index in [1.165, 1.54) is 20.1 Å². The first-order valence-corrected chi connectivity index (χ1v) is 6.53. The Hall–Kier alpha value is -2.17. The van der Waals surface area contributed by atoms with Gasteiger partial charge in [-0.05, 0) is 18.2 Å². The first-order valence-electron chi connectivity index (χ1n) is 6.53. The number of nitrogens with zero attached hydrogens (tertiary/aromatic N) is 1. The molecule has 0 atom stereocenters. The predicted octanol–water partition coefficient (Wildman–Crippen LogP) is 2.79. The first-order chi connectivity index (χ1) is 9.51. The molecular formula is C15H21NO4. The van der Waals surface area contributed by atoms with Gasteiger partial charge in [0.2, 0.25) is 11.8 Å². The van der Waals surface area contributed by atoms with Crippen molar-refractivity contribution >= 4 is 23.5 Å². The summed E-state index contributed by atoms with van der Waals surface area (Å²) in [6.45, 7) is 6.97. The molecule has 0 bridgehead atoms. The van der Waals surface area contributed by atoms with E-state index in [2.05, 4.69) is 4.74 Å². The molecule has 110 valence electrons. The zero-order valence-corrected chi connectivity index (χ0v) is 12.6. The third-order valence-electron chi connectivity index (χ3n) is 2.39. The maximum Gasteiger partial charge on any atom is 0.337 e. The highest BCUT2D eigenvalue weighted by Gasteiger charge is 2.19. The summed E-state index contributed by atoms with van der Waals surface area (Å²) in [5, 5.41) is 0. The summed E-state index contributed by atoms with van der Waals surface area (Å²) in [6.07, 6.45) is 0.210. The predicted molar refractivity (Wildman–Crippen MR) is 77.6 cm³/mol. The van der Waals surface area contributed by atoms with Crippen LogP contribution in [0.2, 0.25) is 0 Å². The van der Waals surface area contributed by atoms with Crippen molar-refractivity contribution < 1.29 is 19.1 Å². The van der Waals surface area contributed by atoms with Crippen molar-refractivity contribution in [1.82, 2.24) is 0 Å². The van der Waals surface area contributed by atoms with Gasteiger partial charge in [-0.3, -0.25) is 14.5 Å². The number of carbonyl (C=O) groups is 3. The van der Waals surface area contributed by atoms with E-state index >= 15 is 0 Å². The number of carbonyl (C=O) groups excluding carboxylic acids is 3. The zero-order valence-electron chi connectivity index (χ0n) is 12.6. The highest BCUT2D eigenvalue weighted by Crippen LogP contribution is 2.18. The van der Waals surface area contributed by atoms with Crippen LogP contribution in [0.4, 0.5) is 5.69 Å². The molecule has 0 aromatic heterocycles. The Morgan fingerprint density at radius 1 is 1.20 bits per heavy atom. The summed E-state index contributed by atoms with van der Waals surface area (Å²) in [5.74, 6) is -1.21. The van der Waals surface area contributed by atoms with Crippen LogP contribution in [0, 0.1) is 0 Å². The molecule has 1 aromatic carbocycles. The number of benzene rings is 1. The van der Waals surface area contributed by atoms with Gasteiger partial charge in [0.1, 0.15) is 0 Å². The van der Waals surface area contributed by atoms with Crippen LogP contribution in [0.3, 0.4) is 0 Å². The fourth-order valence-corrected chi connectivity index (χ4v) is 1.55. The van der Waals surface area contributed by atoms with E-state index in [0.29, 0.717) is 11.3 Å². The summed E-state index contributed by atoms with van der Waals surface area (Å²) >= 11 is 0. The van der Waals surface area contributed by atoms with Gasteiger partial charge in [0.15, 0.2) is 0 Å².